The van der Waals surface area contributed by atoms with Crippen molar-refractivity contribution in [3.05, 3.63) is 35.1 Å². The van der Waals surface area contributed by atoms with Gasteiger partial charge < -0.3 is 10.1 Å². The van der Waals surface area contributed by atoms with E-state index in [4.69, 9.17) is 4.74 Å². The summed E-state index contributed by atoms with van der Waals surface area (Å²) in [4.78, 5) is 0. The second-order valence-electron chi connectivity index (χ2n) is 5.61. The van der Waals surface area contributed by atoms with Gasteiger partial charge in [0.2, 0.25) is 0 Å². The summed E-state index contributed by atoms with van der Waals surface area (Å²) in [6, 6.07) is 3.43. The van der Waals surface area contributed by atoms with Crippen molar-refractivity contribution in [1.82, 2.24) is 5.32 Å². The maximum absolute atomic E-state index is 13.6. The number of rotatable bonds is 6. The van der Waals surface area contributed by atoms with Gasteiger partial charge in [-0.2, -0.15) is 13.2 Å². The minimum absolute atomic E-state index is 0.266. The third-order valence-corrected chi connectivity index (χ3v) is 3.96. The molecule has 2 rings (SSSR count). The fourth-order valence-corrected chi connectivity index (χ4v) is 2.79. The molecule has 124 valence electrons. The number of benzene rings is 1. The summed E-state index contributed by atoms with van der Waals surface area (Å²) < 4.78 is 57.2. The van der Waals surface area contributed by atoms with Crippen LogP contribution in [0.15, 0.2) is 18.2 Å². The van der Waals surface area contributed by atoms with Gasteiger partial charge in [0.15, 0.2) is 0 Å². The first kappa shape index (κ1) is 17.2. The summed E-state index contributed by atoms with van der Waals surface area (Å²) >= 11 is 0. The molecule has 0 unspecified atom stereocenters. The Morgan fingerprint density at radius 3 is 2.55 bits per heavy atom. The third kappa shape index (κ3) is 4.95. The Kier molecular flexibility index (Phi) is 6.20. The smallest absolute Gasteiger partial charge is 0.375 e. The molecule has 6 heteroatoms. The zero-order valence-electron chi connectivity index (χ0n) is 12.4. The molecule has 1 aromatic rings. The van der Waals surface area contributed by atoms with Crippen molar-refractivity contribution in [2.24, 2.45) is 0 Å². The molecule has 0 bridgehead atoms. The van der Waals surface area contributed by atoms with E-state index in [0.29, 0.717) is 12.6 Å². The van der Waals surface area contributed by atoms with Crippen molar-refractivity contribution in [3.63, 3.8) is 0 Å². The van der Waals surface area contributed by atoms with Crippen LogP contribution in [0, 0.1) is 5.82 Å². The lowest BCUT2D eigenvalue weighted by atomic mass is 9.96. The van der Waals surface area contributed by atoms with Crippen molar-refractivity contribution >= 4 is 0 Å². The molecular formula is C16H21F4NO. The zero-order valence-corrected chi connectivity index (χ0v) is 12.4. The maximum atomic E-state index is 13.6. The normalized spacial score (nSPS) is 16.9. The van der Waals surface area contributed by atoms with Gasteiger partial charge in [0.25, 0.3) is 0 Å². The molecule has 0 saturated heterocycles. The second-order valence-corrected chi connectivity index (χ2v) is 5.61. The maximum Gasteiger partial charge on any atom is 0.416 e. The number of hydrogen-bond acceptors (Lipinski definition) is 2. The van der Waals surface area contributed by atoms with Gasteiger partial charge >= 0.3 is 6.18 Å². The van der Waals surface area contributed by atoms with Gasteiger partial charge in [-0.05, 0) is 25.0 Å². The number of nitrogens with one attached hydrogen (secondary N) is 1. The molecule has 0 aromatic heterocycles. The van der Waals surface area contributed by atoms with E-state index < -0.39 is 23.1 Å². The fraction of sp³-hybridized carbons (Fsp3) is 0.625. The summed E-state index contributed by atoms with van der Waals surface area (Å²) in [5.74, 6) is -0.880. The number of halogens is 4. The first-order valence-corrected chi connectivity index (χ1v) is 7.64. The minimum atomic E-state index is -4.57. The van der Waals surface area contributed by atoms with Crippen LogP contribution in [0.4, 0.5) is 17.6 Å². The first-order chi connectivity index (χ1) is 10.5. The van der Waals surface area contributed by atoms with E-state index in [1.807, 2.05) is 0 Å². The van der Waals surface area contributed by atoms with E-state index in [9.17, 15) is 17.6 Å². The summed E-state index contributed by atoms with van der Waals surface area (Å²) in [7, 11) is 0. The summed E-state index contributed by atoms with van der Waals surface area (Å²) in [6.07, 6.45) is 1.38. The van der Waals surface area contributed by atoms with Crippen LogP contribution in [0.5, 0.6) is 0 Å². The lowest BCUT2D eigenvalue weighted by Gasteiger charge is -2.22. The molecule has 0 atom stereocenters. The molecule has 1 saturated carbocycles. The van der Waals surface area contributed by atoms with Gasteiger partial charge in [0, 0.05) is 18.2 Å². The Hall–Kier alpha value is -1.14. The molecule has 22 heavy (non-hydrogen) atoms. The second kappa shape index (κ2) is 7.92. The highest BCUT2D eigenvalue weighted by Crippen LogP contribution is 2.33. The fourth-order valence-electron chi connectivity index (χ4n) is 2.79. The van der Waals surface area contributed by atoms with Gasteiger partial charge in [-0.25, -0.2) is 4.39 Å². The lowest BCUT2D eigenvalue weighted by molar-refractivity contribution is -0.139. The average molecular weight is 319 g/mol. The topological polar surface area (TPSA) is 21.3 Å². The van der Waals surface area contributed by atoms with E-state index in [2.05, 4.69) is 5.32 Å². The molecule has 0 amide bonds. The quantitative estimate of drug-likeness (QED) is 0.624. The third-order valence-electron chi connectivity index (χ3n) is 3.96. The van der Waals surface area contributed by atoms with Crippen LogP contribution in [0.3, 0.4) is 0 Å². The summed E-state index contributed by atoms with van der Waals surface area (Å²) in [5.41, 5.74) is -1.39. The monoisotopic (exact) mass is 319 g/mol. The average Bonchev–Trinajstić information content (AvgIpc) is 2.48. The predicted octanol–water partition coefficient (Wildman–Crippen LogP) is 4.28. The Morgan fingerprint density at radius 1 is 1.14 bits per heavy atom. The molecule has 0 aliphatic heterocycles. The van der Waals surface area contributed by atoms with Crippen molar-refractivity contribution in [2.45, 2.75) is 50.9 Å². The lowest BCUT2D eigenvalue weighted by Crippen LogP contribution is -2.33. The first-order valence-electron chi connectivity index (χ1n) is 7.64. The highest BCUT2D eigenvalue weighted by atomic mass is 19.4. The molecule has 1 aromatic carbocycles. The largest absolute Gasteiger partial charge is 0.416 e. The highest BCUT2D eigenvalue weighted by Gasteiger charge is 2.34. The summed E-state index contributed by atoms with van der Waals surface area (Å²) in [6.45, 7) is 0.469. The van der Waals surface area contributed by atoms with Crippen LogP contribution in [0.2, 0.25) is 0 Å². The zero-order chi connectivity index (χ0) is 16.0. The van der Waals surface area contributed by atoms with Crippen molar-refractivity contribution in [2.75, 3.05) is 13.2 Å². The van der Waals surface area contributed by atoms with Crippen LogP contribution >= 0.6 is 0 Å². The molecular weight excluding hydrogens is 298 g/mol. The van der Waals surface area contributed by atoms with Gasteiger partial charge in [0.1, 0.15) is 5.82 Å². The van der Waals surface area contributed by atoms with E-state index in [-0.39, 0.29) is 13.2 Å². The van der Waals surface area contributed by atoms with Crippen molar-refractivity contribution < 1.29 is 22.3 Å². The standard InChI is InChI=1S/C16H21F4NO/c17-15-8-4-7-14(16(18,19)20)13(15)11-22-10-9-21-12-5-2-1-3-6-12/h4,7-8,12,21H,1-3,5-6,9-11H2. The van der Waals surface area contributed by atoms with E-state index in [0.717, 1.165) is 31.0 Å². The number of alkyl halides is 3. The Balaban J connectivity index is 1.79. The van der Waals surface area contributed by atoms with Gasteiger partial charge in [-0.3, -0.25) is 0 Å². The number of hydrogen-bond donors (Lipinski definition) is 1. The summed E-state index contributed by atoms with van der Waals surface area (Å²) in [5, 5.41) is 3.33. The Labute approximate surface area is 127 Å². The molecule has 1 aliphatic rings. The van der Waals surface area contributed by atoms with Gasteiger partial charge in [-0.1, -0.05) is 25.3 Å². The molecule has 1 fully saturated rings. The van der Waals surface area contributed by atoms with Crippen LogP contribution in [0.1, 0.15) is 43.2 Å². The van der Waals surface area contributed by atoms with E-state index >= 15 is 0 Å². The van der Waals surface area contributed by atoms with Crippen molar-refractivity contribution in [3.8, 4) is 0 Å². The molecule has 1 aliphatic carbocycles. The van der Waals surface area contributed by atoms with E-state index in [1.165, 1.54) is 19.3 Å². The SMILES string of the molecule is Fc1cccc(C(F)(F)F)c1COCCNC1CCCCC1. The Morgan fingerprint density at radius 2 is 1.86 bits per heavy atom. The Bertz CT molecular complexity index is 470. The van der Waals surface area contributed by atoms with Crippen LogP contribution in [0.25, 0.3) is 0 Å². The van der Waals surface area contributed by atoms with Crippen LogP contribution < -0.4 is 5.32 Å². The molecule has 1 N–H and O–H groups in total. The van der Waals surface area contributed by atoms with E-state index in [1.54, 1.807) is 0 Å². The number of ether oxygens (including phenoxy) is 1. The molecule has 0 spiro atoms. The van der Waals surface area contributed by atoms with Crippen LogP contribution in [-0.4, -0.2) is 19.2 Å². The minimum Gasteiger partial charge on any atom is -0.375 e. The van der Waals surface area contributed by atoms with Crippen molar-refractivity contribution in [1.29, 1.82) is 0 Å². The molecule has 0 radical (unpaired) electrons. The highest BCUT2D eigenvalue weighted by molar-refractivity contribution is 5.30. The van der Waals surface area contributed by atoms with Crippen LogP contribution in [-0.2, 0) is 17.5 Å². The molecule has 2 nitrogen and oxygen atoms in total. The molecule has 0 heterocycles. The predicted molar refractivity (Wildman–Crippen MR) is 75.9 cm³/mol. The van der Waals surface area contributed by atoms with Gasteiger partial charge in [0.05, 0.1) is 18.8 Å². The van der Waals surface area contributed by atoms with Gasteiger partial charge in [-0.15, -0.1) is 0 Å².